The lowest BCUT2D eigenvalue weighted by Gasteiger charge is -2.33. The molecule has 0 bridgehead atoms. The van der Waals surface area contributed by atoms with Crippen LogP contribution in [0.15, 0.2) is 36.5 Å². The monoisotopic (exact) mass is 757 g/mol. The molecule has 278 valence electrons. The minimum atomic E-state index is -4.87. The fourth-order valence-electron chi connectivity index (χ4n) is 7.05. The molecule has 6 N–H and O–H groups in total. The van der Waals surface area contributed by atoms with E-state index in [4.69, 9.17) is 9.26 Å². The number of hydrogen-bond acceptors (Lipinski definition) is 9. The van der Waals surface area contributed by atoms with Crippen molar-refractivity contribution in [2.24, 2.45) is 0 Å². The molecule has 2 heterocycles. The molecular formula is C32H40F3N5O9P2. The molecule has 1 fully saturated rings. The van der Waals surface area contributed by atoms with Gasteiger partial charge in [-0.3, -0.25) is 13.9 Å². The fraction of sp³-hybridized carbons (Fsp3) is 0.469. The average molecular weight is 758 g/mol. The van der Waals surface area contributed by atoms with Gasteiger partial charge >= 0.3 is 21.6 Å². The van der Waals surface area contributed by atoms with Crippen LogP contribution < -0.4 is 15.4 Å². The molecule has 51 heavy (non-hydrogen) atoms. The van der Waals surface area contributed by atoms with E-state index in [1.54, 1.807) is 27.0 Å². The first-order valence-corrected chi connectivity index (χ1v) is 19.3. The SMILES string of the molecule is CCC(CC)(c1ccc(Nc2ncc(C(F)(F)F)c(Nc3ccc(C4CCC(OP(=O)(O)O)CC4)c4c3C(=O)N(C)C4)n2)c(OC)c1)P(=O)(O)O. The molecule has 0 spiro atoms. The number of amides is 1. The number of fused-ring (bicyclic) bond motifs is 1. The number of phosphoric acid groups is 1. The van der Waals surface area contributed by atoms with Gasteiger partial charge in [-0.2, -0.15) is 18.2 Å². The molecular weight excluding hydrogens is 717 g/mol. The zero-order valence-corrected chi connectivity index (χ0v) is 30.1. The molecule has 3 aromatic rings. The highest BCUT2D eigenvalue weighted by Gasteiger charge is 2.46. The number of methoxy groups -OCH3 is 1. The van der Waals surface area contributed by atoms with Crippen molar-refractivity contribution in [1.29, 1.82) is 0 Å². The zero-order chi connectivity index (χ0) is 37.5. The summed E-state index contributed by atoms with van der Waals surface area (Å²) < 4.78 is 76.9. The Labute approximate surface area is 292 Å². The van der Waals surface area contributed by atoms with Gasteiger partial charge in [-0.05, 0) is 79.3 Å². The lowest BCUT2D eigenvalue weighted by Crippen LogP contribution is -2.24. The van der Waals surface area contributed by atoms with Gasteiger partial charge in [-0.1, -0.05) is 26.0 Å². The topological polar surface area (TPSA) is 204 Å². The molecule has 2 aliphatic rings. The maximum absolute atomic E-state index is 14.2. The van der Waals surface area contributed by atoms with Gasteiger partial charge in [-0.15, -0.1) is 0 Å². The van der Waals surface area contributed by atoms with E-state index in [-0.39, 0.29) is 53.9 Å². The highest BCUT2D eigenvalue weighted by atomic mass is 31.2. The van der Waals surface area contributed by atoms with Crippen molar-refractivity contribution in [2.45, 2.75) is 82.3 Å². The van der Waals surface area contributed by atoms with Crippen molar-refractivity contribution >= 4 is 44.5 Å². The number of carbonyl (C=O) groups excluding carboxylic acids is 1. The summed E-state index contributed by atoms with van der Waals surface area (Å²) in [4.78, 5) is 61.6. The highest BCUT2D eigenvalue weighted by Crippen LogP contribution is 2.61. The van der Waals surface area contributed by atoms with E-state index in [2.05, 4.69) is 20.6 Å². The van der Waals surface area contributed by atoms with Gasteiger partial charge in [0.15, 0.2) is 0 Å². The first-order valence-electron chi connectivity index (χ1n) is 16.2. The largest absolute Gasteiger partial charge is 0.495 e. The van der Waals surface area contributed by atoms with E-state index in [0.29, 0.717) is 43.0 Å². The van der Waals surface area contributed by atoms with Crippen LogP contribution >= 0.6 is 15.4 Å². The lowest BCUT2D eigenvalue weighted by atomic mass is 9.80. The Balaban J connectivity index is 1.48. The zero-order valence-electron chi connectivity index (χ0n) is 28.3. The van der Waals surface area contributed by atoms with E-state index in [1.165, 1.54) is 36.3 Å². The molecule has 1 saturated carbocycles. The van der Waals surface area contributed by atoms with E-state index in [0.717, 1.165) is 5.56 Å². The summed E-state index contributed by atoms with van der Waals surface area (Å²) in [6.45, 7) is 3.55. The summed E-state index contributed by atoms with van der Waals surface area (Å²) in [6, 6.07) is 7.71. The Bertz CT molecular complexity index is 1890. The molecule has 1 aliphatic carbocycles. The maximum Gasteiger partial charge on any atom is 0.469 e. The van der Waals surface area contributed by atoms with Gasteiger partial charge < -0.3 is 39.8 Å². The third-order valence-corrected chi connectivity index (χ3v) is 12.3. The lowest BCUT2D eigenvalue weighted by molar-refractivity contribution is -0.137. The number of hydrogen-bond donors (Lipinski definition) is 6. The predicted octanol–water partition coefficient (Wildman–Crippen LogP) is 6.91. The summed E-state index contributed by atoms with van der Waals surface area (Å²) >= 11 is 0. The van der Waals surface area contributed by atoms with Gasteiger partial charge in [0.1, 0.15) is 17.1 Å². The number of benzene rings is 2. The Morgan fingerprint density at radius 3 is 2.20 bits per heavy atom. The Kier molecular flexibility index (Phi) is 11.0. The predicted molar refractivity (Wildman–Crippen MR) is 181 cm³/mol. The van der Waals surface area contributed by atoms with E-state index in [9.17, 15) is 46.7 Å². The second-order valence-corrected chi connectivity index (χ2v) is 15.8. The third kappa shape index (κ3) is 7.95. The average Bonchev–Trinajstić information content (AvgIpc) is 3.35. The number of rotatable bonds is 12. The van der Waals surface area contributed by atoms with Crippen LogP contribution in [-0.2, 0) is 31.5 Å². The van der Waals surface area contributed by atoms with Gasteiger partial charge in [-0.25, -0.2) is 9.55 Å². The van der Waals surface area contributed by atoms with Crippen molar-refractivity contribution in [2.75, 3.05) is 24.8 Å². The van der Waals surface area contributed by atoms with E-state index in [1.807, 2.05) is 0 Å². The molecule has 0 atom stereocenters. The second-order valence-electron chi connectivity index (χ2n) is 12.7. The molecule has 5 rings (SSSR count). The van der Waals surface area contributed by atoms with E-state index < -0.39 is 50.1 Å². The maximum atomic E-state index is 14.2. The number of anilines is 4. The molecule has 0 saturated heterocycles. The molecule has 0 unspecified atom stereocenters. The molecule has 19 heteroatoms. The number of alkyl halides is 3. The van der Waals surface area contributed by atoms with Crippen LogP contribution in [0.5, 0.6) is 5.75 Å². The number of carbonyl (C=O) groups is 1. The number of nitrogens with zero attached hydrogens (tertiary/aromatic N) is 3. The first-order chi connectivity index (χ1) is 23.8. The smallest absolute Gasteiger partial charge is 0.469 e. The molecule has 2 aromatic carbocycles. The molecule has 14 nitrogen and oxygen atoms in total. The molecule has 0 radical (unpaired) electrons. The van der Waals surface area contributed by atoms with Crippen molar-refractivity contribution in [3.8, 4) is 5.75 Å². The normalized spacial score (nSPS) is 18.5. The van der Waals surface area contributed by atoms with Gasteiger partial charge in [0.25, 0.3) is 5.91 Å². The van der Waals surface area contributed by atoms with Crippen molar-refractivity contribution in [3.05, 3.63) is 64.3 Å². The van der Waals surface area contributed by atoms with Crippen LogP contribution in [-0.4, -0.2) is 60.6 Å². The minimum absolute atomic E-state index is 0.0628. The summed E-state index contributed by atoms with van der Waals surface area (Å²) in [6.07, 6.45) is -2.77. The second kappa shape index (κ2) is 14.5. The van der Waals surface area contributed by atoms with Crippen LogP contribution in [0.4, 0.5) is 36.3 Å². The summed E-state index contributed by atoms with van der Waals surface area (Å²) in [5.74, 6) is -1.19. The summed E-state index contributed by atoms with van der Waals surface area (Å²) in [5.41, 5.74) is 1.13. The van der Waals surface area contributed by atoms with Crippen molar-refractivity contribution in [1.82, 2.24) is 14.9 Å². The van der Waals surface area contributed by atoms with Crippen molar-refractivity contribution in [3.63, 3.8) is 0 Å². The number of phosphoric ester groups is 1. The van der Waals surface area contributed by atoms with E-state index >= 15 is 0 Å². The molecule has 1 aliphatic heterocycles. The molecule has 1 aromatic heterocycles. The summed E-state index contributed by atoms with van der Waals surface area (Å²) in [5, 5.41) is 4.09. The number of ether oxygens (including phenoxy) is 1. The first kappa shape index (κ1) is 38.7. The Hall–Kier alpha value is -3.56. The number of nitrogens with one attached hydrogen (secondary N) is 2. The number of aromatic nitrogens is 2. The Morgan fingerprint density at radius 1 is 0.980 bits per heavy atom. The quantitative estimate of drug-likeness (QED) is 0.104. The fourth-order valence-corrected chi connectivity index (χ4v) is 8.95. The number of halogens is 3. The van der Waals surface area contributed by atoms with Crippen LogP contribution in [0.25, 0.3) is 0 Å². The van der Waals surface area contributed by atoms with Crippen LogP contribution in [0.2, 0.25) is 0 Å². The van der Waals surface area contributed by atoms with Crippen molar-refractivity contribution < 1.29 is 55.9 Å². The van der Waals surface area contributed by atoms with Gasteiger partial charge in [0.05, 0.1) is 35.3 Å². The third-order valence-electron chi connectivity index (χ3n) is 9.77. The summed E-state index contributed by atoms with van der Waals surface area (Å²) in [7, 11) is -6.34. The van der Waals surface area contributed by atoms with Crippen LogP contribution in [0, 0.1) is 0 Å². The van der Waals surface area contributed by atoms with Gasteiger partial charge in [0.2, 0.25) is 5.95 Å². The highest BCUT2D eigenvalue weighted by molar-refractivity contribution is 7.53. The Morgan fingerprint density at radius 2 is 1.63 bits per heavy atom. The van der Waals surface area contributed by atoms with Crippen LogP contribution in [0.1, 0.15) is 90.9 Å². The van der Waals surface area contributed by atoms with Gasteiger partial charge in [0, 0.05) is 19.8 Å². The minimum Gasteiger partial charge on any atom is -0.495 e. The standard InChI is InChI=1S/C32H40F3N5O9P2/c1-5-31(6-2,50(42,43)44)19-9-13-24(26(15-19)48-4)38-30-36-16-23(32(33,34)35)28(39-30)37-25-14-12-21(22-17-40(3)29(41)27(22)25)18-7-10-20(11-8-18)49-51(45,46)47/h9,12-16,18,20H,5-8,10-11,17H2,1-4H3,(H2,42,43,44)(H2,45,46,47)(H2,36,37,38,39). The van der Waals surface area contributed by atoms with Crippen LogP contribution in [0.3, 0.4) is 0 Å². The molecule has 1 amide bonds.